The van der Waals surface area contributed by atoms with Gasteiger partial charge in [-0.1, -0.05) is 0 Å². The first-order valence-electron chi connectivity index (χ1n) is 7.08. The lowest BCUT2D eigenvalue weighted by molar-refractivity contribution is 0.0581. The van der Waals surface area contributed by atoms with Gasteiger partial charge in [0.15, 0.2) is 0 Å². The van der Waals surface area contributed by atoms with Crippen molar-refractivity contribution < 1.29 is 9.53 Å². The maximum Gasteiger partial charge on any atom is 0.435 e. The summed E-state index contributed by atoms with van der Waals surface area (Å²) in [5.74, 6) is 0. The van der Waals surface area contributed by atoms with Gasteiger partial charge in [0.1, 0.15) is 5.60 Å². The Balaban J connectivity index is 2.29. The lowest BCUT2D eigenvalue weighted by Gasteiger charge is -2.24. The first-order valence-corrected chi connectivity index (χ1v) is 8.16. The molecule has 2 aromatic rings. The van der Waals surface area contributed by atoms with Crippen LogP contribution in [-0.4, -0.2) is 22.9 Å². The smallest absolute Gasteiger partial charge is 0.435 e. The summed E-state index contributed by atoms with van der Waals surface area (Å²) in [6.07, 6.45) is 4.42. The number of hydrazone groups is 1. The number of amides is 1. The third-order valence-electron chi connectivity index (χ3n) is 2.67. The van der Waals surface area contributed by atoms with Crippen molar-refractivity contribution >= 4 is 40.6 Å². The van der Waals surface area contributed by atoms with Crippen molar-refractivity contribution in [2.24, 2.45) is 5.10 Å². The Morgan fingerprint density at radius 2 is 1.78 bits per heavy atom. The molecule has 120 valence electrons. The number of pyridine rings is 1. The molecule has 0 fully saturated rings. The highest BCUT2D eigenvalue weighted by molar-refractivity contribution is 14.1. The number of nitrogens with zero attached hydrogens (tertiary/aromatic N) is 3. The Labute approximate surface area is 149 Å². The fraction of sp³-hybridized carbons (Fsp3) is 0.235. The molecule has 0 N–H and O–H groups in total. The number of carbonyl (C=O) groups excluding carboxylic acids is 1. The molecule has 0 radical (unpaired) electrons. The summed E-state index contributed by atoms with van der Waals surface area (Å²) < 4.78 is 6.51. The summed E-state index contributed by atoms with van der Waals surface area (Å²) in [6.45, 7) is 5.47. The number of carbonyl (C=O) groups is 1. The zero-order chi connectivity index (χ0) is 16.9. The Hall–Kier alpha value is -1.96. The molecule has 0 saturated carbocycles. The van der Waals surface area contributed by atoms with E-state index in [1.165, 1.54) is 5.01 Å². The molecule has 0 saturated heterocycles. The highest BCUT2D eigenvalue weighted by Crippen LogP contribution is 2.20. The fourth-order valence-corrected chi connectivity index (χ4v) is 2.04. The second-order valence-electron chi connectivity index (χ2n) is 5.79. The van der Waals surface area contributed by atoms with Gasteiger partial charge < -0.3 is 4.74 Å². The first-order chi connectivity index (χ1) is 10.8. The molecule has 0 aliphatic rings. The van der Waals surface area contributed by atoms with Crippen LogP contribution < -0.4 is 5.01 Å². The van der Waals surface area contributed by atoms with E-state index in [0.717, 1.165) is 9.13 Å². The number of halogens is 1. The van der Waals surface area contributed by atoms with Crippen molar-refractivity contribution in [3.05, 3.63) is 57.9 Å². The minimum absolute atomic E-state index is 0.524. The number of hydrogen-bond acceptors (Lipinski definition) is 4. The minimum Gasteiger partial charge on any atom is -0.442 e. The Bertz CT molecular complexity index is 679. The molecule has 2 rings (SSSR count). The molecular formula is C17H18IN3O2. The second-order valence-corrected chi connectivity index (χ2v) is 7.04. The van der Waals surface area contributed by atoms with Crippen LogP contribution in [0.4, 0.5) is 10.5 Å². The molecule has 1 heterocycles. The number of anilines is 1. The molecule has 0 aliphatic heterocycles. The van der Waals surface area contributed by atoms with E-state index < -0.39 is 11.7 Å². The molecule has 0 aliphatic carbocycles. The zero-order valence-corrected chi connectivity index (χ0v) is 15.4. The van der Waals surface area contributed by atoms with E-state index in [-0.39, 0.29) is 0 Å². The third kappa shape index (κ3) is 5.63. The number of hydrogen-bond donors (Lipinski definition) is 0. The van der Waals surface area contributed by atoms with Gasteiger partial charge in [0, 0.05) is 16.0 Å². The summed E-state index contributed by atoms with van der Waals surface area (Å²) in [5, 5.41) is 5.53. The monoisotopic (exact) mass is 423 g/mol. The van der Waals surface area contributed by atoms with Gasteiger partial charge in [0.25, 0.3) is 0 Å². The van der Waals surface area contributed by atoms with Gasteiger partial charge in [-0.05, 0) is 85.3 Å². The highest BCUT2D eigenvalue weighted by atomic mass is 127. The molecular weight excluding hydrogens is 405 g/mol. The molecule has 23 heavy (non-hydrogen) atoms. The van der Waals surface area contributed by atoms with Crippen LogP contribution in [0.1, 0.15) is 26.3 Å². The molecule has 0 atom stereocenters. The van der Waals surface area contributed by atoms with Gasteiger partial charge in [-0.15, -0.1) is 0 Å². The average Bonchev–Trinajstić information content (AvgIpc) is 2.48. The third-order valence-corrected chi connectivity index (χ3v) is 3.39. The van der Waals surface area contributed by atoms with E-state index in [2.05, 4.69) is 32.7 Å². The van der Waals surface area contributed by atoms with Crippen molar-refractivity contribution in [2.45, 2.75) is 26.4 Å². The number of ether oxygens (including phenoxy) is 1. The summed E-state index contributed by atoms with van der Waals surface area (Å²) in [6, 6.07) is 11.1. The Morgan fingerprint density at radius 1 is 1.17 bits per heavy atom. The zero-order valence-electron chi connectivity index (χ0n) is 13.2. The van der Waals surface area contributed by atoms with E-state index in [1.807, 2.05) is 57.2 Å². The predicted molar refractivity (Wildman–Crippen MR) is 99.7 cm³/mol. The SMILES string of the molecule is CC(C)(C)OC(=O)N(N=Cc1ccncc1)c1ccc(I)cc1. The van der Waals surface area contributed by atoms with E-state index in [9.17, 15) is 4.79 Å². The van der Waals surface area contributed by atoms with Gasteiger partial charge in [0.2, 0.25) is 0 Å². The summed E-state index contributed by atoms with van der Waals surface area (Å²) in [5.41, 5.74) is 0.897. The van der Waals surface area contributed by atoms with Crippen LogP contribution in [0.5, 0.6) is 0 Å². The predicted octanol–water partition coefficient (Wildman–Crippen LogP) is 4.46. The van der Waals surface area contributed by atoms with Crippen molar-refractivity contribution in [3.63, 3.8) is 0 Å². The van der Waals surface area contributed by atoms with Crippen LogP contribution in [0.25, 0.3) is 0 Å². The van der Waals surface area contributed by atoms with E-state index in [4.69, 9.17) is 4.74 Å². The summed E-state index contributed by atoms with van der Waals surface area (Å²) >= 11 is 2.21. The van der Waals surface area contributed by atoms with Crippen LogP contribution in [-0.2, 0) is 4.74 Å². The van der Waals surface area contributed by atoms with Crippen molar-refractivity contribution in [1.29, 1.82) is 0 Å². The Morgan fingerprint density at radius 3 is 2.35 bits per heavy atom. The standard InChI is InChI=1S/C17H18IN3O2/c1-17(2,3)23-16(22)21(15-6-4-14(18)5-7-15)20-12-13-8-10-19-11-9-13/h4-12H,1-3H3. The lowest BCUT2D eigenvalue weighted by Crippen LogP contribution is -2.33. The van der Waals surface area contributed by atoms with E-state index in [1.54, 1.807) is 18.6 Å². The van der Waals surface area contributed by atoms with Gasteiger partial charge in [-0.3, -0.25) is 4.98 Å². The number of rotatable bonds is 3. The van der Waals surface area contributed by atoms with Crippen molar-refractivity contribution in [3.8, 4) is 0 Å². The Kier molecular flexibility index (Phi) is 5.70. The highest BCUT2D eigenvalue weighted by Gasteiger charge is 2.23. The minimum atomic E-state index is -0.593. The molecule has 0 spiro atoms. The largest absolute Gasteiger partial charge is 0.442 e. The molecule has 1 aromatic heterocycles. The molecule has 0 bridgehead atoms. The second kappa shape index (κ2) is 7.54. The lowest BCUT2D eigenvalue weighted by atomic mass is 10.2. The normalized spacial score (nSPS) is 11.5. The quantitative estimate of drug-likeness (QED) is 0.416. The maximum absolute atomic E-state index is 12.4. The maximum atomic E-state index is 12.4. The van der Waals surface area contributed by atoms with Gasteiger partial charge in [-0.25, -0.2) is 4.79 Å². The molecule has 6 heteroatoms. The molecule has 1 amide bonds. The number of aromatic nitrogens is 1. The summed E-state index contributed by atoms with van der Waals surface area (Å²) in [4.78, 5) is 16.4. The molecule has 0 unspecified atom stereocenters. The molecule has 1 aromatic carbocycles. The van der Waals surface area contributed by atoms with Crippen LogP contribution in [0, 0.1) is 3.57 Å². The van der Waals surface area contributed by atoms with Gasteiger partial charge >= 0.3 is 6.09 Å². The van der Waals surface area contributed by atoms with E-state index in [0.29, 0.717) is 5.69 Å². The van der Waals surface area contributed by atoms with Crippen molar-refractivity contribution in [2.75, 3.05) is 5.01 Å². The average molecular weight is 423 g/mol. The van der Waals surface area contributed by atoms with E-state index >= 15 is 0 Å². The number of benzene rings is 1. The first kappa shape index (κ1) is 17.4. The van der Waals surface area contributed by atoms with Gasteiger partial charge in [-0.2, -0.15) is 10.1 Å². The fourth-order valence-electron chi connectivity index (χ4n) is 1.68. The van der Waals surface area contributed by atoms with Crippen LogP contribution in [0.15, 0.2) is 53.9 Å². The van der Waals surface area contributed by atoms with Gasteiger partial charge in [0.05, 0.1) is 11.9 Å². The summed E-state index contributed by atoms with van der Waals surface area (Å²) in [7, 11) is 0. The van der Waals surface area contributed by atoms with Crippen LogP contribution in [0.3, 0.4) is 0 Å². The topological polar surface area (TPSA) is 54.8 Å². The molecule has 5 nitrogen and oxygen atoms in total. The van der Waals surface area contributed by atoms with Crippen molar-refractivity contribution in [1.82, 2.24) is 4.98 Å². The van der Waals surface area contributed by atoms with Crippen LogP contribution >= 0.6 is 22.6 Å². The van der Waals surface area contributed by atoms with Crippen LogP contribution in [0.2, 0.25) is 0 Å².